The summed E-state index contributed by atoms with van der Waals surface area (Å²) in [6, 6.07) is 4.76. The molecule has 0 amide bonds. The van der Waals surface area contributed by atoms with Crippen LogP contribution < -0.4 is 10.0 Å². The lowest BCUT2D eigenvalue weighted by molar-refractivity contribution is 0.327. The summed E-state index contributed by atoms with van der Waals surface area (Å²) in [7, 11) is -3.41. The van der Waals surface area contributed by atoms with Gasteiger partial charge in [0.15, 0.2) is 0 Å². The Labute approximate surface area is 129 Å². The van der Waals surface area contributed by atoms with E-state index in [0.717, 1.165) is 13.0 Å². The zero-order valence-corrected chi connectivity index (χ0v) is 13.5. The number of nitrogens with one attached hydrogen (secondary N) is 2. The molecule has 0 radical (unpaired) electrons. The van der Waals surface area contributed by atoms with Crippen LogP contribution >= 0.6 is 23.2 Å². The van der Waals surface area contributed by atoms with E-state index in [4.69, 9.17) is 23.2 Å². The summed E-state index contributed by atoms with van der Waals surface area (Å²) in [6.07, 6.45) is 0.968. The second kappa shape index (κ2) is 6.62. The van der Waals surface area contributed by atoms with Gasteiger partial charge >= 0.3 is 0 Å². The number of hydrogen-bond acceptors (Lipinski definition) is 3. The van der Waals surface area contributed by atoms with Gasteiger partial charge in [0.25, 0.3) is 0 Å². The van der Waals surface area contributed by atoms with Crippen molar-refractivity contribution in [3.63, 3.8) is 0 Å². The highest BCUT2D eigenvalue weighted by atomic mass is 35.5. The topological polar surface area (TPSA) is 58.2 Å². The molecule has 4 nitrogen and oxygen atoms in total. The van der Waals surface area contributed by atoms with E-state index in [9.17, 15) is 8.42 Å². The van der Waals surface area contributed by atoms with Crippen molar-refractivity contribution in [1.29, 1.82) is 0 Å². The lowest BCUT2D eigenvalue weighted by Crippen LogP contribution is -2.50. The fourth-order valence-corrected chi connectivity index (χ4v) is 4.37. The van der Waals surface area contributed by atoms with Gasteiger partial charge in [-0.3, -0.25) is 0 Å². The number of piperidine rings is 1. The monoisotopic (exact) mass is 336 g/mol. The molecule has 1 saturated heterocycles. The molecule has 1 fully saturated rings. The highest BCUT2D eigenvalue weighted by molar-refractivity contribution is 7.88. The van der Waals surface area contributed by atoms with Crippen LogP contribution in [-0.2, 0) is 15.8 Å². The summed E-state index contributed by atoms with van der Waals surface area (Å²) in [4.78, 5) is 0. The van der Waals surface area contributed by atoms with Crippen molar-refractivity contribution in [2.45, 2.75) is 25.1 Å². The Hall–Kier alpha value is -0.330. The van der Waals surface area contributed by atoms with E-state index in [1.807, 2.05) is 0 Å². The van der Waals surface area contributed by atoms with Crippen molar-refractivity contribution in [3.8, 4) is 0 Å². The number of benzene rings is 1. The molecule has 2 atom stereocenters. The summed E-state index contributed by atoms with van der Waals surface area (Å²) in [6.45, 7) is 3.66. The van der Waals surface area contributed by atoms with Crippen LogP contribution in [0.5, 0.6) is 0 Å². The normalized spacial score (nSPS) is 23.8. The molecule has 0 aromatic heterocycles. The Kier molecular flexibility index (Phi) is 5.31. The van der Waals surface area contributed by atoms with Gasteiger partial charge < -0.3 is 5.32 Å². The maximum Gasteiger partial charge on any atom is 0.216 e. The van der Waals surface area contributed by atoms with Crippen LogP contribution in [0.2, 0.25) is 10.0 Å². The van der Waals surface area contributed by atoms with Crippen molar-refractivity contribution in [3.05, 3.63) is 33.8 Å². The molecule has 1 aromatic rings. The van der Waals surface area contributed by atoms with Crippen LogP contribution in [0, 0.1) is 5.92 Å². The molecule has 7 heteroatoms. The number of hydrogen-bond donors (Lipinski definition) is 2. The molecule has 1 heterocycles. The van der Waals surface area contributed by atoms with E-state index in [2.05, 4.69) is 17.0 Å². The summed E-state index contributed by atoms with van der Waals surface area (Å²) in [5, 5.41) is 4.08. The first kappa shape index (κ1) is 16.0. The van der Waals surface area contributed by atoms with Gasteiger partial charge in [0, 0.05) is 22.6 Å². The maximum atomic E-state index is 12.2. The zero-order chi connectivity index (χ0) is 14.8. The first-order chi connectivity index (χ1) is 9.35. The predicted molar refractivity (Wildman–Crippen MR) is 82.7 cm³/mol. The molecule has 1 aliphatic heterocycles. The lowest BCUT2D eigenvalue weighted by Gasteiger charge is -2.30. The smallest absolute Gasteiger partial charge is 0.216 e. The van der Waals surface area contributed by atoms with Crippen molar-refractivity contribution >= 4 is 33.2 Å². The molecule has 2 unspecified atom stereocenters. The van der Waals surface area contributed by atoms with Crippen molar-refractivity contribution < 1.29 is 8.42 Å². The van der Waals surface area contributed by atoms with E-state index in [1.165, 1.54) is 0 Å². The summed E-state index contributed by atoms with van der Waals surface area (Å²) < 4.78 is 27.2. The fraction of sp³-hybridized carbons (Fsp3) is 0.538. The molecular formula is C13H18Cl2N2O2S. The molecule has 2 rings (SSSR count). The van der Waals surface area contributed by atoms with Gasteiger partial charge in [-0.1, -0.05) is 30.1 Å². The lowest BCUT2D eigenvalue weighted by atomic mass is 9.96. The number of rotatable bonds is 4. The second-order valence-corrected chi connectivity index (χ2v) is 7.86. The zero-order valence-electron chi connectivity index (χ0n) is 11.2. The van der Waals surface area contributed by atoms with Crippen LogP contribution in [0.1, 0.15) is 18.9 Å². The minimum absolute atomic E-state index is 0.0663. The molecule has 1 aromatic carbocycles. The van der Waals surface area contributed by atoms with E-state index in [1.54, 1.807) is 18.2 Å². The Bertz CT molecular complexity index is 557. The Morgan fingerprint density at radius 2 is 1.95 bits per heavy atom. The van der Waals surface area contributed by atoms with E-state index in [-0.39, 0.29) is 11.8 Å². The molecule has 0 bridgehead atoms. The maximum absolute atomic E-state index is 12.2. The Morgan fingerprint density at radius 1 is 1.30 bits per heavy atom. The minimum Gasteiger partial charge on any atom is -0.315 e. The molecule has 20 heavy (non-hydrogen) atoms. The van der Waals surface area contributed by atoms with Gasteiger partial charge in [-0.25, -0.2) is 13.1 Å². The van der Waals surface area contributed by atoms with Crippen LogP contribution in [0.15, 0.2) is 18.2 Å². The van der Waals surface area contributed by atoms with Crippen molar-refractivity contribution in [2.24, 2.45) is 5.92 Å². The summed E-state index contributed by atoms with van der Waals surface area (Å²) in [5.41, 5.74) is 0.589. The number of sulfonamides is 1. The van der Waals surface area contributed by atoms with Gasteiger partial charge in [-0.2, -0.15) is 0 Å². The molecule has 0 saturated carbocycles. The average molecular weight is 337 g/mol. The van der Waals surface area contributed by atoms with Crippen LogP contribution in [-0.4, -0.2) is 27.5 Å². The summed E-state index contributed by atoms with van der Waals surface area (Å²) >= 11 is 11.8. The molecule has 0 spiro atoms. The first-order valence-corrected chi connectivity index (χ1v) is 8.92. The van der Waals surface area contributed by atoms with Crippen molar-refractivity contribution in [1.82, 2.24) is 10.0 Å². The predicted octanol–water partition coefficient (Wildman–Crippen LogP) is 2.41. The Balaban J connectivity index is 2.06. The highest BCUT2D eigenvalue weighted by Crippen LogP contribution is 2.21. The average Bonchev–Trinajstić information content (AvgIpc) is 2.29. The SMILES string of the molecule is CC1CCNCC1NS(=O)(=O)Cc1cc(Cl)cc(Cl)c1. The van der Waals surface area contributed by atoms with Crippen LogP contribution in [0.3, 0.4) is 0 Å². The number of halogens is 2. The van der Waals surface area contributed by atoms with E-state index >= 15 is 0 Å². The largest absolute Gasteiger partial charge is 0.315 e. The van der Waals surface area contributed by atoms with Crippen LogP contribution in [0.25, 0.3) is 0 Å². The van der Waals surface area contributed by atoms with Gasteiger partial charge in [0.2, 0.25) is 10.0 Å². The third-order valence-electron chi connectivity index (χ3n) is 3.44. The van der Waals surface area contributed by atoms with E-state index < -0.39 is 10.0 Å². The van der Waals surface area contributed by atoms with Gasteiger partial charge in [-0.05, 0) is 42.6 Å². The molecule has 0 aliphatic carbocycles. The van der Waals surface area contributed by atoms with Crippen molar-refractivity contribution in [2.75, 3.05) is 13.1 Å². The second-order valence-electron chi connectivity index (χ2n) is 5.23. The van der Waals surface area contributed by atoms with Crippen LogP contribution in [0.4, 0.5) is 0 Å². The molecular weight excluding hydrogens is 319 g/mol. The third kappa shape index (κ3) is 4.60. The standard InChI is InChI=1S/C13H18Cl2N2O2S/c1-9-2-3-16-7-13(9)17-20(18,19)8-10-4-11(14)6-12(15)5-10/h4-6,9,13,16-17H,2-3,7-8H2,1H3. The third-order valence-corrected chi connectivity index (χ3v) is 5.25. The molecule has 1 aliphatic rings. The Morgan fingerprint density at radius 3 is 2.55 bits per heavy atom. The molecule has 112 valence electrons. The van der Waals surface area contributed by atoms with Gasteiger partial charge in [0.05, 0.1) is 5.75 Å². The minimum atomic E-state index is -3.41. The van der Waals surface area contributed by atoms with Gasteiger partial charge in [0.1, 0.15) is 0 Å². The molecule has 2 N–H and O–H groups in total. The quantitative estimate of drug-likeness (QED) is 0.887. The van der Waals surface area contributed by atoms with E-state index in [0.29, 0.717) is 28.1 Å². The summed E-state index contributed by atoms with van der Waals surface area (Å²) in [5.74, 6) is 0.213. The first-order valence-electron chi connectivity index (χ1n) is 6.51. The fourth-order valence-electron chi connectivity index (χ4n) is 2.33. The van der Waals surface area contributed by atoms with Gasteiger partial charge in [-0.15, -0.1) is 0 Å². The highest BCUT2D eigenvalue weighted by Gasteiger charge is 2.25.